The van der Waals surface area contributed by atoms with E-state index in [1.807, 2.05) is 0 Å². The summed E-state index contributed by atoms with van der Waals surface area (Å²) >= 11 is 0. The Bertz CT molecular complexity index is 740. The minimum Gasteiger partial charge on any atom is -0.479 e. The van der Waals surface area contributed by atoms with E-state index in [1.54, 1.807) is 0 Å². The number of esters is 1. The second-order valence-electron chi connectivity index (χ2n) is 10.9. The fourth-order valence-electron chi connectivity index (χ4n) is 8.04. The zero-order valence-corrected chi connectivity index (χ0v) is 18.2. The summed E-state index contributed by atoms with van der Waals surface area (Å²) in [4.78, 5) is 23.2. The highest BCUT2D eigenvalue weighted by Gasteiger charge is 2.62. The van der Waals surface area contributed by atoms with Crippen LogP contribution in [-0.2, 0) is 14.3 Å². The number of carbonyl (C=O) groups excluding carboxylic acids is 1. The van der Waals surface area contributed by atoms with Crippen LogP contribution < -0.4 is 0 Å². The van der Waals surface area contributed by atoms with Gasteiger partial charge in [0, 0.05) is 19.3 Å². The van der Waals surface area contributed by atoms with Crippen molar-refractivity contribution in [3.63, 3.8) is 0 Å². The van der Waals surface area contributed by atoms with Crippen LogP contribution in [-0.4, -0.2) is 33.9 Å². The average Bonchev–Trinajstić information content (AvgIpc) is 2.99. The molecule has 8 unspecified atom stereocenters. The maximum Gasteiger partial charge on any atom is 0.335 e. The number of aliphatic carboxylic acids is 1. The van der Waals surface area contributed by atoms with Gasteiger partial charge in [0.25, 0.3) is 0 Å². The van der Waals surface area contributed by atoms with Gasteiger partial charge in [-0.25, -0.2) is 4.79 Å². The first kappa shape index (κ1) is 20.9. The molecule has 0 aromatic rings. The van der Waals surface area contributed by atoms with E-state index in [2.05, 4.69) is 19.9 Å². The third-order valence-electron chi connectivity index (χ3n) is 9.50. The van der Waals surface area contributed by atoms with Crippen LogP contribution in [0, 0.1) is 34.5 Å². The predicted molar refractivity (Wildman–Crippen MR) is 109 cm³/mol. The van der Waals surface area contributed by atoms with E-state index in [0.29, 0.717) is 17.8 Å². The van der Waals surface area contributed by atoms with E-state index >= 15 is 0 Å². The molecule has 0 bridgehead atoms. The Morgan fingerprint density at radius 2 is 1.86 bits per heavy atom. The molecule has 3 saturated carbocycles. The van der Waals surface area contributed by atoms with Gasteiger partial charge < -0.3 is 14.9 Å². The molecule has 4 aliphatic carbocycles. The molecule has 29 heavy (non-hydrogen) atoms. The van der Waals surface area contributed by atoms with Crippen LogP contribution in [0.15, 0.2) is 11.6 Å². The van der Waals surface area contributed by atoms with Gasteiger partial charge in [-0.3, -0.25) is 4.79 Å². The lowest BCUT2D eigenvalue weighted by atomic mass is 9.46. The van der Waals surface area contributed by atoms with Crippen molar-refractivity contribution in [2.45, 2.75) is 90.8 Å². The molecule has 0 amide bonds. The average molecular weight is 405 g/mol. The van der Waals surface area contributed by atoms with Gasteiger partial charge in [-0.05, 0) is 80.5 Å². The lowest BCUT2D eigenvalue weighted by Crippen LogP contribution is -2.54. The van der Waals surface area contributed by atoms with Gasteiger partial charge in [0.05, 0.1) is 0 Å². The van der Waals surface area contributed by atoms with E-state index < -0.39 is 11.6 Å². The third kappa shape index (κ3) is 3.07. The molecule has 5 nitrogen and oxygen atoms in total. The van der Waals surface area contributed by atoms with Crippen LogP contribution in [0.1, 0.15) is 79.1 Å². The van der Waals surface area contributed by atoms with Crippen molar-refractivity contribution in [2.24, 2.45) is 34.5 Å². The Morgan fingerprint density at radius 3 is 2.52 bits per heavy atom. The Balaban J connectivity index is 1.59. The summed E-state index contributed by atoms with van der Waals surface area (Å²) in [7, 11) is 0. The first-order valence-corrected chi connectivity index (χ1v) is 11.3. The molecule has 0 aromatic heterocycles. The van der Waals surface area contributed by atoms with Crippen molar-refractivity contribution < 1.29 is 24.5 Å². The molecule has 4 rings (SSSR count). The lowest BCUT2D eigenvalue weighted by Gasteiger charge is -2.58. The van der Waals surface area contributed by atoms with E-state index in [-0.39, 0.29) is 28.8 Å². The van der Waals surface area contributed by atoms with Gasteiger partial charge in [-0.15, -0.1) is 0 Å². The number of carboxylic acids is 1. The monoisotopic (exact) mass is 404 g/mol. The molecule has 2 N–H and O–H groups in total. The molecule has 162 valence electrons. The minimum atomic E-state index is -1.65. The normalized spacial score (nSPS) is 45.8. The number of ether oxygens (including phenoxy) is 1. The number of carboxylic acid groups (broad SMARTS) is 1. The van der Waals surface area contributed by atoms with Gasteiger partial charge in [0.2, 0.25) is 0 Å². The molecule has 0 aliphatic heterocycles. The zero-order valence-electron chi connectivity index (χ0n) is 18.2. The summed E-state index contributed by atoms with van der Waals surface area (Å²) in [6.45, 7) is 7.63. The number of hydrogen-bond acceptors (Lipinski definition) is 4. The Kier molecular flexibility index (Phi) is 4.92. The Morgan fingerprint density at radius 1 is 1.14 bits per heavy atom. The van der Waals surface area contributed by atoms with Crippen LogP contribution >= 0.6 is 0 Å². The van der Waals surface area contributed by atoms with Crippen molar-refractivity contribution in [1.29, 1.82) is 0 Å². The van der Waals surface area contributed by atoms with Gasteiger partial charge in [-0.1, -0.05) is 25.5 Å². The highest BCUT2D eigenvalue weighted by molar-refractivity contribution is 5.77. The number of rotatable bonds is 3. The number of allylic oxidation sites excluding steroid dienone is 1. The Hall–Kier alpha value is -1.36. The van der Waals surface area contributed by atoms with Crippen LogP contribution in [0.4, 0.5) is 0 Å². The molecular weight excluding hydrogens is 368 g/mol. The van der Waals surface area contributed by atoms with Crippen LogP contribution in [0.3, 0.4) is 0 Å². The van der Waals surface area contributed by atoms with Gasteiger partial charge in [0.1, 0.15) is 6.10 Å². The van der Waals surface area contributed by atoms with Crippen LogP contribution in [0.2, 0.25) is 0 Å². The number of hydrogen-bond donors (Lipinski definition) is 2. The zero-order chi connectivity index (χ0) is 21.2. The first-order chi connectivity index (χ1) is 13.5. The van der Waals surface area contributed by atoms with Gasteiger partial charge >= 0.3 is 11.9 Å². The second-order valence-corrected chi connectivity index (χ2v) is 10.9. The second kappa shape index (κ2) is 6.83. The molecule has 0 radical (unpaired) electrons. The summed E-state index contributed by atoms with van der Waals surface area (Å²) < 4.78 is 5.52. The SMILES string of the molecule is CC(=O)OC1CCC2(C)C(=CCC3C2CCC2(C)C3CCC2C(C)(O)C(=O)O)C1. The number of aliphatic hydroxyl groups is 1. The smallest absolute Gasteiger partial charge is 0.335 e. The van der Waals surface area contributed by atoms with Gasteiger partial charge in [-0.2, -0.15) is 0 Å². The van der Waals surface area contributed by atoms with Crippen molar-refractivity contribution in [2.75, 3.05) is 0 Å². The molecule has 8 atom stereocenters. The molecule has 3 fully saturated rings. The summed E-state index contributed by atoms with van der Waals surface area (Å²) in [5.74, 6) is 0.167. The van der Waals surface area contributed by atoms with E-state index in [1.165, 1.54) is 19.4 Å². The van der Waals surface area contributed by atoms with Crippen molar-refractivity contribution >= 4 is 11.9 Å². The van der Waals surface area contributed by atoms with E-state index in [0.717, 1.165) is 51.4 Å². The summed E-state index contributed by atoms with van der Waals surface area (Å²) in [5.41, 5.74) is -0.140. The maximum absolute atomic E-state index is 11.8. The Labute approximate surface area is 173 Å². The van der Waals surface area contributed by atoms with E-state index in [4.69, 9.17) is 4.74 Å². The van der Waals surface area contributed by atoms with Gasteiger partial charge in [0.15, 0.2) is 5.60 Å². The number of fused-ring (bicyclic) bond motifs is 5. The summed E-state index contributed by atoms with van der Waals surface area (Å²) in [6.07, 6.45) is 10.2. The lowest BCUT2D eigenvalue weighted by molar-refractivity contribution is -0.171. The first-order valence-electron chi connectivity index (χ1n) is 11.3. The standard InChI is InChI=1S/C24H36O5/c1-14(25)29-16-9-11-22(2)15(13-16)5-6-17-18-7-8-20(24(4,28)21(26)27)23(18,3)12-10-19(17)22/h5,16-20,28H,6-13H2,1-4H3,(H,26,27). The molecule has 4 aliphatic rings. The molecule has 5 heteroatoms. The highest BCUT2D eigenvalue weighted by Crippen LogP contribution is 2.67. The van der Waals surface area contributed by atoms with Crippen molar-refractivity contribution in [1.82, 2.24) is 0 Å². The fraction of sp³-hybridized carbons (Fsp3) is 0.833. The minimum absolute atomic E-state index is 0.0127. The molecule has 0 aromatic carbocycles. The maximum atomic E-state index is 11.8. The molecule has 0 heterocycles. The number of carbonyl (C=O) groups is 2. The largest absolute Gasteiger partial charge is 0.479 e. The van der Waals surface area contributed by atoms with E-state index in [9.17, 15) is 19.8 Å². The quantitative estimate of drug-likeness (QED) is 0.540. The third-order valence-corrected chi connectivity index (χ3v) is 9.50. The molecule has 0 spiro atoms. The van der Waals surface area contributed by atoms with Crippen molar-refractivity contribution in [3.8, 4) is 0 Å². The van der Waals surface area contributed by atoms with Crippen molar-refractivity contribution in [3.05, 3.63) is 11.6 Å². The molecule has 0 saturated heterocycles. The van der Waals surface area contributed by atoms with Crippen LogP contribution in [0.25, 0.3) is 0 Å². The molecular formula is C24H36O5. The summed E-state index contributed by atoms with van der Waals surface area (Å²) in [6, 6.07) is 0. The highest BCUT2D eigenvalue weighted by atomic mass is 16.5. The topological polar surface area (TPSA) is 83.8 Å². The van der Waals surface area contributed by atoms with Crippen LogP contribution in [0.5, 0.6) is 0 Å². The predicted octanol–water partition coefficient (Wildman–Crippen LogP) is 4.33. The fourth-order valence-corrected chi connectivity index (χ4v) is 8.04. The summed E-state index contributed by atoms with van der Waals surface area (Å²) in [5, 5.41) is 20.4.